The highest BCUT2D eigenvalue weighted by Gasteiger charge is 2.31. The number of nitrogens with zero attached hydrogens (tertiary/aromatic N) is 1. The van der Waals surface area contributed by atoms with Crippen LogP contribution in [0.1, 0.15) is 46.5 Å². The summed E-state index contributed by atoms with van der Waals surface area (Å²) in [5.41, 5.74) is 0. The minimum absolute atomic E-state index is 0.731. The molecule has 2 rings (SSSR count). The molecule has 2 heteroatoms. The van der Waals surface area contributed by atoms with Gasteiger partial charge in [-0.05, 0) is 52.0 Å². The molecule has 2 nitrogen and oxygen atoms in total. The van der Waals surface area contributed by atoms with Crippen molar-refractivity contribution in [2.75, 3.05) is 13.1 Å². The number of hydrogen-bond donors (Lipinski definition) is 1. The molecule has 0 aromatic rings. The van der Waals surface area contributed by atoms with E-state index < -0.39 is 0 Å². The molecular weight excluding hydrogens is 184 g/mol. The van der Waals surface area contributed by atoms with Crippen LogP contribution in [-0.4, -0.2) is 36.1 Å². The summed E-state index contributed by atoms with van der Waals surface area (Å²) in [6, 6.07) is 2.43. The van der Waals surface area contributed by atoms with Gasteiger partial charge in [0, 0.05) is 24.7 Å². The second kappa shape index (κ2) is 4.84. The van der Waals surface area contributed by atoms with Crippen molar-refractivity contribution in [1.29, 1.82) is 0 Å². The summed E-state index contributed by atoms with van der Waals surface area (Å²) >= 11 is 0. The minimum atomic E-state index is 0.731. The molecule has 0 spiro atoms. The predicted octanol–water partition coefficient (Wildman–Crippen LogP) is 2.25. The van der Waals surface area contributed by atoms with Gasteiger partial charge in [0.25, 0.3) is 0 Å². The maximum absolute atomic E-state index is 3.63. The molecule has 1 saturated carbocycles. The quantitative estimate of drug-likeness (QED) is 0.749. The van der Waals surface area contributed by atoms with Crippen molar-refractivity contribution in [3.63, 3.8) is 0 Å². The van der Waals surface area contributed by atoms with E-state index in [0.29, 0.717) is 0 Å². The van der Waals surface area contributed by atoms with Gasteiger partial charge < -0.3 is 5.32 Å². The Bertz CT molecular complexity index is 197. The van der Waals surface area contributed by atoms with Crippen LogP contribution in [0.2, 0.25) is 0 Å². The van der Waals surface area contributed by atoms with Gasteiger partial charge in [0.15, 0.2) is 0 Å². The van der Waals surface area contributed by atoms with Crippen molar-refractivity contribution < 1.29 is 0 Å². The molecule has 2 unspecified atom stereocenters. The predicted molar refractivity (Wildman–Crippen MR) is 65.1 cm³/mol. The molecule has 1 heterocycles. The standard InChI is InChI=1S/C13H26N2/c1-10(2)15(12-4-5-12)9-7-13-11(3)6-8-14-13/h10-14H,4-9H2,1-3H3. The lowest BCUT2D eigenvalue weighted by Crippen LogP contribution is -2.38. The van der Waals surface area contributed by atoms with E-state index in [0.717, 1.165) is 24.0 Å². The fraction of sp³-hybridized carbons (Fsp3) is 1.00. The second-order valence-corrected chi connectivity index (χ2v) is 5.68. The topological polar surface area (TPSA) is 15.3 Å². The van der Waals surface area contributed by atoms with Crippen molar-refractivity contribution in [3.05, 3.63) is 0 Å². The normalized spacial score (nSPS) is 31.8. The highest BCUT2D eigenvalue weighted by atomic mass is 15.2. The van der Waals surface area contributed by atoms with E-state index in [1.807, 2.05) is 0 Å². The molecule has 1 N–H and O–H groups in total. The summed E-state index contributed by atoms with van der Waals surface area (Å²) in [7, 11) is 0. The van der Waals surface area contributed by atoms with Crippen molar-refractivity contribution >= 4 is 0 Å². The van der Waals surface area contributed by atoms with Crippen molar-refractivity contribution in [2.24, 2.45) is 5.92 Å². The summed E-state index contributed by atoms with van der Waals surface area (Å²) in [6.07, 6.45) is 5.59. The largest absolute Gasteiger partial charge is 0.314 e. The first-order valence-electron chi connectivity index (χ1n) is 6.67. The zero-order chi connectivity index (χ0) is 10.8. The van der Waals surface area contributed by atoms with Gasteiger partial charge in [-0.2, -0.15) is 0 Å². The average molecular weight is 210 g/mol. The van der Waals surface area contributed by atoms with Crippen LogP contribution in [0.15, 0.2) is 0 Å². The van der Waals surface area contributed by atoms with Crippen LogP contribution in [0.25, 0.3) is 0 Å². The molecule has 0 aromatic carbocycles. The van der Waals surface area contributed by atoms with E-state index in [-0.39, 0.29) is 0 Å². The molecule has 0 amide bonds. The molecule has 1 saturated heterocycles. The van der Waals surface area contributed by atoms with Gasteiger partial charge in [0.2, 0.25) is 0 Å². The molecule has 15 heavy (non-hydrogen) atoms. The Morgan fingerprint density at radius 2 is 2.00 bits per heavy atom. The monoisotopic (exact) mass is 210 g/mol. The highest BCUT2D eigenvalue weighted by molar-refractivity contribution is 4.88. The minimum Gasteiger partial charge on any atom is -0.314 e. The lowest BCUT2D eigenvalue weighted by molar-refractivity contribution is 0.197. The van der Waals surface area contributed by atoms with Crippen LogP contribution in [0.4, 0.5) is 0 Å². The van der Waals surface area contributed by atoms with Gasteiger partial charge in [-0.25, -0.2) is 0 Å². The van der Waals surface area contributed by atoms with E-state index in [4.69, 9.17) is 0 Å². The summed E-state index contributed by atoms with van der Waals surface area (Å²) < 4.78 is 0. The molecule has 1 aliphatic heterocycles. The summed E-state index contributed by atoms with van der Waals surface area (Å²) in [6.45, 7) is 9.59. The van der Waals surface area contributed by atoms with Crippen LogP contribution >= 0.6 is 0 Å². The SMILES string of the molecule is CC1CCNC1CCN(C(C)C)C1CC1. The van der Waals surface area contributed by atoms with E-state index in [1.54, 1.807) is 0 Å². The lowest BCUT2D eigenvalue weighted by atomic mass is 10.00. The summed E-state index contributed by atoms with van der Waals surface area (Å²) in [5, 5.41) is 3.63. The van der Waals surface area contributed by atoms with Crippen LogP contribution in [-0.2, 0) is 0 Å². The van der Waals surface area contributed by atoms with Crippen LogP contribution in [0.5, 0.6) is 0 Å². The van der Waals surface area contributed by atoms with Crippen molar-refractivity contribution in [2.45, 2.75) is 64.6 Å². The third-order valence-corrected chi connectivity index (χ3v) is 4.07. The van der Waals surface area contributed by atoms with Gasteiger partial charge in [0.05, 0.1) is 0 Å². The summed E-state index contributed by atoms with van der Waals surface area (Å²) in [4.78, 5) is 2.70. The Kier molecular flexibility index (Phi) is 3.68. The molecule has 1 aliphatic carbocycles. The molecular formula is C13H26N2. The third kappa shape index (κ3) is 2.94. The van der Waals surface area contributed by atoms with Crippen LogP contribution in [0, 0.1) is 5.92 Å². The number of rotatable bonds is 5. The first-order valence-corrected chi connectivity index (χ1v) is 6.67. The lowest BCUT2D eigenvalue weighted by Gasteiger charge is -2.28. The second-order valence-electron chi connectivity index (χ2n) is 5.68. The smallest absolute Gasteiger partial charge is 0.0105 e. The zero-order valence-electron chi connectivity index (χ0n) is 10.5. The number of nitrogens with one attached hydrogen (secondary N) is 1. The molecule has 0 aromatic heterocycles. The van der Waals surface area contributed by atoms with Gasteiger partial charge in [0.1, 0.15) is 0 Å². The fourth-order valence-electron chi connectivity index (χ4n) is 2.84. The van der Waals surface area contributed by atoms with Crippen molar-refractivity contribution in [1.82, 2.24) is 10.2 Å². The summed E-state index contributed by atoms with van der Waals surface area (Å²) in [5.74, 6) is 0.887. The van der Waals surface area contributed by atoms with Gasteiger partial charge in [-0.1, -0.05) is 6.92 Å². The molecule has 2 aliphatic rings. The molecule has 88 valence electrons. The first kappa shape index (κ1) is 11.4. The van der Waals surface area contributed by atoms with Gasteiger partial charge in [-0.15, -0.1) is 0 Å². The zero-order valence-corrected chi connectivity index (χ0v) is 10.5. The number of hydrogen-bond acceptors (Lipinski definition) is 2. The Morgan fingerprint density at radius 3 is 2.47 bits per heavy atom. The maximum atomic E-state index is 3.63. The van der Waals surface area contributed by atoms with E-state index in [2.05, 4.69) is 31.0 Å². The van der Waals surface area contributed by atoms with E-state index in [1.165, 1.54) is 38.8 Å². The Labute approximate surface area is 94.4 Å². The molecule has 0 radical (unpaired) electrons. The molecule has 2 fully saturated rings. The van der Waals surface area contributed by atoms with Gasteiger partial charge in [-0.3, -0.25) is 4.90 Å². The Morgan fingerprint density at radius 1 is 1.27 bits per heavy atom. The Hall–Kier alpha value is -0.0800. The Balaban J connectivity index is 1.75. The third-order valence-electron chi connectivity index (χ3n) is 4.07. The average Bonchev–Trinajstić information content (AvgIpc) is 2.92. The van der Waals surface area contributed by atoms with Crippen molar-refractivity contribution in [3.8, 4) is 0 Å². The molecule has 2 atom stereocenters. The first-order chi connectivity index (χ1) is 7.18. The molecule has 0 bridgehead atoms. The fourth-order valence-corrected chi connectivity index (χ4v) is 2.84. The maximum Gasteiger partial charge on any atom is 0.0105 e. The van der Waals surface area contributed by atoms with E-state index >= 15 is 0 Å². The van der Waals surface area contributed by atoms with E-state index in [9.17, 15) is 0 Å². The van der Waals surface area contributed by atoms with Crippen LogP contribution in [0.3, 0.4) is 0 Å². The van der Waals surface area contributed by atoms with Gasteiger partial charge >= 0.3 is 0 Å². The van der Waals surface area contributed by atoms with Crippen LogP contribution < -0.4 is 5.32 Å². The highest BCUT2D eigenvalue weighted by Crippen LogP contribution is 2.29.